The van der Waals surface area contributed by atoms with Crippen molar-refractivity contribution in [2.75, 3.05) is 0 Å². The van der Waals surface area contributed by atoms with E-state index < -0.39 is 0 Å². The first kappa shape index (κ1) is 12.4. The van der Waals surface area contributed by atoms with Gasteiger partial charge in [0.1, 0.15) is 18.1 Å². The summed E-state index contributed by atoms with van der Waals surface area (Å²) in [6.07, 6.45) is 1.87. The second kappa shape index (κ2) is 4.80. The van der Waals surface area contributed by atoms with Crippen LogP contribution in [0.15, 0.2) is 30.5 Å². The standard InChI is InChI=1S/C14H14N4O2/c1-9(19)14-12-7-11(3-4-13(12)15-16-14)20-8-10-5-6-18(2)17-10/h3-7H,8H2,1-2H3,(H,15,16). The fourth-order valence-electron chi connectivity index (χ4n) is 2.05. The van der Waals surface area contributed by atoms with E-state index in [1.54, 1.807) is 4.68 Å². The maximum absolute atomic E-state index is 11.5. The highest BCUT2D eigenvalue weighted by molar-refractivity contribution is 6.04. The predicted octanol–water partition coefficient (Wildman–Crippen LogP) is 2.08. The normalized spacial score (nSPS) is 10.9. The van der Waals surface area contributed by atoms with Crippen LogP contribution in [0.5, 0.6) is 5.75 Å². The Morgan fingerprint density at radius 3 is 2.95 bits per heavy atom. The van der Waals surface area contributed by atoms with Gasteiger partial charge in [-0.2, -0.15) is 10.2 Å². The third-order valence-electron chi connectivity index (χ3n) is 3.02. The predicted molar refractivity (Wildman–Crippen MR) is 73.6 cm³/mol. The lowest BCUT2D eigenvalue weighted by molar-refractivity contribution is 0.101. The van der Waals surface area contributed by atoms with Crippen LogP contribution >= 0.6 is 0 Å². The van der Waals surface area contributed by atoms with Crippen LogP contribution in [0.4, 0.5) is 0 Å². The molecule has 3 rings (SSSR count). The Morgan fingerprint density at radius 1 is 1.40 bits per heavy atom. The molecule has 0 fully saturated rings. The van der Waals surface area contributed by atoms with Crippen LogP contribution in [0.3, 0.4) is 0 Å². The van der Waals surface area contributed by atoms with Crippen molar-refractivity contribution in [3.8, 4) is 5.75 Å². The van der Waals surface area contributed by atoms with Crippen molar-refractivity contribution in [2.24, 2.45) is 7.05 Å². The third kappa shape index (κ3) is 2.27. The number of carbonyl (C=O) groups excluding carboxylic acids is 1. The Hall–Kier alpha value is -2.63. The molecule has 0 atom stereocenters. The number of H-pyrrole nitrogens is 1. The quantitative estimate of drug-likeness (QED) is 0.737. The topological polar surface area (TPSA) is 72.8 Å². The van der Waals surface area contributed by atoms with E-state index in [2.05, 4.69) is 15.3 Å². The first-order valence-electron chi connectivity index (χ1n) is 6.24. The molecule has 0 bridgehead atoms. The van der Waals surface area contributed by atoms with Gasteiger partial charge in [0.2, 0.25) is 0 Å². The summed E-state index contributed by atoms with van der Waals surface area (Å²) in [6.45, 7) is 1.89. The Kier molecular flexibility index (Phi) is 2.98. The highest BCUT2D eigenvalue weighted by Gasteiger charge is 2.11. The highest BCUT2D eigenvalue weighted by Crippen LogP contribution is 2.23. The van der Waals surface area contributed by atoms with Crippen molar-refractivity contribution < 1.29 is 9.53 Å². The molecule has 0 saturated carbocycles. The number of Topliss-reactive ketones (excluding diaryl/α,β-unsaturated/α-hetero) is 1. The molecule has 1 N–H and O–H groups in total. The molecule has 0 radical (unpaired) electrons. The van der Waals surface area contributed by atoms with E-state index in [4.69, 9.17) is 4.74 Å². The molecule has 0 aliphatic heterocycles. The third-order valence-corrected chi connectivity index (χ3v) is 3.02. The summed E-state index contributed by atoms with van der Waals surface area (Å²) in [5, 5.41) is 11.9. The minimum Gasteiger partial charge on any atom is -0.487 e. The molecule has 0 unspecified atom stereocenters. The molecular formula is C14H14N4O2. The van der Waals surface area contributed by atoms with Gasteiger partial charge in [-0.25, -0.2) is 0 Å². The molecule has 6 nitrogen and oxygen atoms in total. The van der Waals surface area contributed by atoms with Crippen LogP contribution < -0.4 is 4.74 Å². The molecule has 2 aromatic heterocycles. The number of rotatable bonds is 4. The number of ketones is 1. The zero-order valence-electron chi connectivity index (χ0n) is 11.3. The molecule has 102 valence electrons. The van der Waals surface area contributed by atoms with Crippen molar-refractivity contribution in [3.63, 3.8) is 0 Å². The van der Waals surface area contributed by atoms with Gasteiger partial charge in [0.25, 0.3) is 0 Å². The van der Waals surface area contributed by atoms with Gasteiger partial charge in [0, 0.05) is 25.6 Å². The SMILES string of the molecule is CC(=O)c1n[nH]c2ccc(OCc3ccn(C)n3)cc12. The first-order chi connectivity index (χ1) is 9.63. The summed E-state index contributed by atoms with van der Waals surface area (Å²) < 4.78 is 7.42. The minimum absolute atomic E-state index is 0.0712. The summed E-state index contributed by atoms with van der Waals surface area (Å²) in [6, 6.07) is 7.41. The maximum Gasteiger partial charge on any atom is 0.180 e. The highest BCUT2D eigenvalue weighted by atomic mass is 16.5. The molecule has 3 aromatic rings. The van der Waals surface area contributed by atoms with Gasteiger partial charge < -0.3 is 4.74 Å². The number of aromatic nitrogens is 4. The Balaban J connectivity index is 1.84. The number of carbonyl (C=O) groups is 1. The second-order valence-electron chi connectivity index (χ2n) is 4.61. The van der Waals surface area contributed by atoms with Crippen LogP contribution in [0.1, 0.15) is 23.1 Å². The maximum atomic E-state index is 11.5. The van der Waals surface area contributed by atoms with Crippen molar-refractivity contribution in [1.29, 1.82) is 0 Å². The van der Waals surface area contributed by atoms with Crippen LogP contribution in [0.2, 0.25) is 0 Å². The van der Waals surface area contributed by atoms with E-state index in [-0.39, 0.29) is 5.78 Å². The summed E-state index contributed by atoms with van der Waals surface area (Å²) in [7, 11) is 1.86. The van der Waals surface area contributed by atoms with Crippen LogP contribution in [0.25, 0.3) is 10.9 Å². The molecule has 1 aromatic carbocycles. The molecule has 0 saturated heterocycles. The van der Waals surface area contributed by atoms with Crippen LogP contribution in [0, 0.1) is 0 Å². The van der Waals surface area contributed by atoms with Gasteiger partial charge in [0.05, 0.1) is 11.2 Å². The Bertz CT molecular complexity index is 772. The van der Waals surface area contributed by atoms with E-state index >= 15 is 0 Å². The number of ether oxygens (including phenoxy) is 1. The molecule has 0 spiro atoms. The fourth-order valence-corrected chi connectivity index (χ4v) is 2.05. The van der Waals surface area contributed by atoms with E-state index in [1.165, 1.54) is 6.92 Å². The zero-order valence-corrected chi connectivity index (χ0v) is 11.3. The lowest BCUT2D eigenvalue weighted by atomic mass is 10.1. The van der Waals surface area contributed by atoms with Crippen molar-refractivity contribution >= 4 is 16.7 Å². The van der Waals surface area contributed by atoms with Gasteiger partial charge in [-0.05, 0) is 24.3 Å². The van der Waals surface area contributed by atoms with E-state index in [0.29, 0.717) is 18.1 Å². The molecule has 2 heterocycles. The van der Waals surface area contributed by atoms with Gasteiger partial charge in [-0.3, -0.25) is 14.6 Å². The lowest BCUT2D eigenvalue weighted by Crippen LogP contribution is -1.98. The molecule has 0 amide bonds. The molecule has 6 heteroatoms. The zero-order chi connectivity index (χ0) is 14.1. The number of benzene rings is 1. The summed E-state index contributed by atoms with van der Waals surface area (Å²) in [4.78, 5) is 11.5. The van der Waals surface area contributed by atoms with Gasteiger partial charge in [-0.15, -0.1) is 0 Å². The van der Waals surface area contributed by atoms with E-state index in [0.717, 1.165) is 16.6 Å². The van der Waals surface area contributed by atoms with Crippen molar-refractivity contribution in [3.05, 3.63) is 41.9 Å². The molecule has 0 aliphatic carbocycles. The average molecular weight is 270 g/mol. The van der Waals surface area contributed by atoms with Crippen molar-refractivity contribution in [1.82, 2.24) is 20.0 Å². The first-order valence-corrected chi connectivity index (χ1v) is 6.24. The fraction of sp³-hybridized carbons (Fsp3) is 0.214. The van der Waals surface area contributed by atoms with Gasteiger partial charge >= 0.3 is 0 Å². The van der Waals surface area contributed by atoms with E-state index in [1.807, 2.05) is 37.5 Å². The van der Waals surface area contributed by atoms with Gasteiger partial charge in [-0.1, -0.05) is 0 Å². The number of nitrogens with zero attached hydrogens (tertiary/aromatic N) is 3. The van der Waals surface area contributed by atoms with Crippen molar-refractivity contribution in [2.45, 2.75) is 13.5 Å². The Morgan fingerprint density at radius 2 is 2.25 bits per heavy atom. The number of aryl methyl sites for hydroxylation is 1. The minimum atomic E-state index is -0.0712. The number of nitrogens with one attached hydrogen (secondary N) is 1. The summed E-state index contributed by atoms with van der Waals surface area (Å²) in [5.74, 6) is 0.616. The monoisotopic (exact) mass is 270 g/mol. The van der Waals surface area contributed by atoms with Gasteiger partial charge in [0.15, 0.2) is 5.78 Å². The number of fused-ring (bicyclic) bond motifs is 1. The number of hydrogen-bond acceptors (Lipinski definition) is 4. The average Bonchev–Trinajstić information content (AvgIpc) is 3.01. The number of aromatic amines is 1. The molecule has 0 aliphatic rings. The Labute approximate surface area is 115 Å². The molecule has 20 heavy (non-hydrogen) atoms. The molecular weight excluding hydrogens is 256 g/mol. The van der Waals surface area contributed by atoms with Crippen LogP contribution in [-0.4, -0.2) is 25.8 Å². The number of hydrogen-bond donors (Lipinski definition) is 1. The second-order valence-corrected chi connectivity index (χ2v) is 4.61. The summed E-state index contributed by atoms with van der Waals surface area (Å²) >= 11 is 0. The lowest BCUT2D eigenvalue weighted by Gasteiger charge is -2.04. The van der Waals surface area contributed by atoms with Crippen LogP contribution in [-0.2, 0) is 13.7 Å². The summed E-state index contributed by atoms with van der Waals surface area (Å²) in [5.41, 5.74) is 2.11. The largest absolute Gasteiger partial charge is 0.487 e. The van der Waals surface area contributed by atoms with E-state index in [9.17, 15) is 4.79 Å². The smallest absolute Gasteiger partial charge is 0.180 e.